The summed E-state index contributed by atoms with van der Waals surface area (Å²) in [4.78, 5) is 36.2. The zero-order valence-electron chi connectivity index (χ0n) is 73.4. The van der Waals surface area contributed by atoms with Gasteiger partial charge >= 0.3 is 254 Å². The Morgan fingerprint density at radius 1 is 0.402 bits per heavy atom. The first-order chi connectivity index (χ1) is 63.9. The van der Waals surface area contributed by atoms with Crippen molar-refractivity contribution in [2.75, 3.05) is 0 Å². The van der Waals surface area contributed by atoms with Gasteiger partial charge < -0.3 is 19.9 Å². The molecule has 17 heterocycles. The van der Waals surface area contributed by atoms with Crippen molar-refractivity contribution in [2.45, 2.75) is 79.4 Å². The van der Waals surface area contributed by atoms with Crippen LogP contribution in [0, 0.1) is 26.0 Å². The number of benzene rings is 9. The minimum atomic E-state index is -3.09. The first-order valence-electron chi connectivity index (χ1n) is 44.6. The van der Waals surface area contributed by atoms with Crippen LogP contribution in [0.4, 0.5) is 0 Å². The van der Waals surface area contributed by atoms with Gasteiger partial charge in [-0.1, -0.05) is 227 Å². The minimum Gasteiger partial charge on any atom is -0.348 e. The standard InChI is InChI=1S/C29H19N2.C28H17N2S.C24H19GeN2.C23H23N2S.C12H9N2Se.2Ir/c1-3-9-20(10-4-1)23-14-7-15-24(21-11-5-2-6-12-21)28(23)26-17-16-25-27(31-26)19-22-13-8-18-30-29(22)25;1-3-9-19(10-4-1)21-13-7-14-22(20-11-5-2-6-12-20)26(21)24-17-16-23-27-25(15-8-18-29-27)31-28(23)30-24;1-17-14-21-23-22-18(16-27(23)15-17)12-13-26-24(22)25(21,19-8-4-2-5-9-19)20-10-6-3-7-11-20;1-13(2)16-7-5-8-17(14(3)4)21(16)18-11-15-12-25-10-6-9-19-22(25)20(15)23(24-18)26-19;1-7-4-9-11-10-8(6-14(11)5-7)2-3-13-12(10)15-9;;/h1-15,17-18H,19H2;1-15,17-18H;2-15H,16H2,1H3;5-11,13-14H,12H2,1-4H3;2-5H,6H2,1H3;;/q2*-1;3*+1;;. The van der Waals surface area contributed by atoms with E-state index in [2.05, 4.69) is 380 Å². The molecule has 0 bridgehead atoms. The molecule has 0 fully saturated rings. The fourth-order valence-corrected chi connectivity index (χ4v) is 35.9. The number of hydrogen-bond acceptors (Lipinski definition) is 9. The van der Waals surface area contributed by atoms with Gasteiger partial charge in [-0.25, -0.2) is 4.98 Å². The molecule has 0 saturated carbocycles. The summed E-state index contributed by atoms with van der Waals surface area (Å²) >= 11 is 0.831. The quantitative estimate of drug-likeness (QED) is 0.0722. The molecule has 10 nitrogen and oxygen atoms in total. The average Bonchev–Trinajstić information content (AvgIpc) is 1.51. The van der Waals surface area contributed by atoms with Crippen molar-refractivity contribution >= 4 is 129 Å². The maximum Gasteiger partial charge on any atom is 0.0317 e. The van der Waals surface area contributed by atoms with Crippen molar-refractivity contribution in [1.82, 2.24) is 34.9 Å². The summed E-state index contributed by atoms with van der Waals surface area (Å²) in [5.74, 6) is 0.965. The van der Waals surface area contributed by atoms with Crippen LogP contribution >= 0.6 is 22.7 Å². The molecule has 0 N–H and O–H groups in total. The Morgan fingerprint density at radius 3 is 1.55 bits per heavy atom. The fraction of sp³-hybridized carbons (Fsp3) is 0.103. The van der Waals surface area contributed by atoms with Crippen LogP contribution < -0.4 is 31.4 Å². The molecule has 640 valence electrons. The van der Waals surface area contributed by atoms with Crippen molar-refractivity contribution in [3.8, 4) is 101 Å². The van der Waals surface area contributed by atoms with Gasteiger partial charge in [-0.15, -0.1) is 41.2 Å². The van der Waals surface area contributed by atoms with E-state index in [0.29, 0.717) is 26.3 Å². The normalized spacial score (nSPS) is 12.6. The smallest absolute Gasteiger partial charge is 0.0317 e. The van der Waals surface area contributed by atoms with Gasteiger partial charge in [0, 0.05) is 84.8 Å². The van der Waals surface area contributed by atoms with Crippen molar-refractivity contribution in [2.24, 2.45) is 0 Å². The van der Waals surface area contributed by atoms with Crippen molar-refractivity contribution in [3.05, 3.63) is 421 Å². The molecule has 1 aliphatic carbocycles. The molecule has 16 heteroatoms. The second-order valence-corrected chi connectivity index (χ2v) is 46.7. The van der Waals surface area contributed by atoms with E-state index in [1.807, 2.05) is 72.5 Å². The Labute approximate surface area is 811 Å². The molecular weight excluding hydrogens is 2130 g/mol. The summed E-state index contributed by atoms with van der Waals surface area (Å²) in [5, 5.41) is 3.79. The van der Waals surface area contributed by atoms with E-state index in [9.17, 15) is 0 Å². The van der Waals surface area contributed by atoms with E-state index < -0.39 is 13.3 Å². The Hall–Kier alpha value is -12.7. The third-order valence-corrected chi connectivity index (χ3v) is 40.0. The molecule has 2 radical (unpaired) electrons. The molecule has 4 aliphatic heterocycles. The molecule has 132 heavy (non-hydrogen) atoms. The summed E-state index contributed by atoms with van der Waals surface area (Å²) in [5.41, 5.74) is 36.8. The van der Waals surface area contributed by atoms with Gasteiger partial charge in [-0.05, 0) is 132 Å². The van der Waals surface area contributed by atoms with Gasteiger partial charge in [-0.3, -0.25) is 0 Å². The van der Waals surface area contributed by atoms with Gasteiger partial charge in [0.2, 0.25) is 5.52 Å². The van der Waals surface area contributed by atoms with Crippen molar-refractivity contribution < 1.29 is 53.9 Å². The van der Waals surface area contributed by atoms with E-state index in [1.54, 1.807) is 15.7 Å². The number of fused-ring (bicyclic) bond motifs is 6. The maximum absolute atomic E-state index is 5.17. The van der Waals surface area contributed by atoms with Crippen LogP contribution in [-0.4, -0.2) is 62.7 Å². The van der Waals surface area contributed by atoms with E-state index in [0.717, 1.165) is 91.6 Å². The summed E-state index contributed by atoms with van der Waals surface area (Å²) in [6.07, 6.45) is 15.2. The zero-order valence-corrected chi connectivity index (χ0v) is 83.6. The van der Waals surface area contributed by atoms with Gasteiger partial charge in [0.15, 0.2) is 12.7 Å². The van der Waals surface area contributed by atoms with Crippen LogP contribution in [-0.2, 0) is 66.3 Å². The third kappa shape index (κ3) is 15.2. The molecule has 22 aromatic rings. The number of aryl methyl sites for hydroxylation is 2. The van der Waals surface area contributed by atoms with Crippen LogP contribution in [0.3, 0.4) is 0 Å². The molecule has 5 aliphatic rings. The van der Waals surface area contributed by atoms with Crippen molar-refractivity contribution in [1.29, 1.82) is 0 Å². The number of nitrogens with zero attached hydrogens (tertiary/aromatic N) is 10. The second-order valence-electron chi connectivity index (χ2n) is 34.7. The van der Waals surface area contributed by atoms with E-state index >= 15 is 0 Å². The minimum absolute atomic E-state index is 0. The molecule has 0 spiro atoms. The molecule has 27 rings (SSSR count). The van der Waals surface area contributed by atoms with E-state index in [1.165, 1.54) is 159 Å². The number of thiophene rings is 2. The van der Waals surface area contributed by atoms with Gasteiger partial charge in [0.05, 0.1) is 11.1 Å². The van der Waals surface area contributed by atoms with Gasteiger partial charge in [0.25, 0.3) is 0 Å². The van der Waals surface area contributed by atoms with Gasteiger partial charge in [-0.2, -0.15) is 15.9 Å². The monoisotopic (exact) mass is 2220 g/mol. The Kier molecular flexibility index (Phi) is 23.5. The number of hydrogen-bond donors (Lipinski definition) is 0. The summed E-state index contributed by atoms with van der Waals surface area (Å²) in [6.45, 7) is 16.5. The molecular formula is C116H87GeIr2N10S2Se+. The molecule has 0 amide bonds. The average molecular weight is 2220 g/mol. The Balaban J connectivity index is 0.000000100. The first-order valence-corrected chi connectivity index (χ1v) is 52.1. The SMILES string of the molecule is CC(C)c1cccc(C(C)C)c1-c1cc2c3c(n1)sc1ccc[n+](c13)C2.Cc1c[c]2c3[n+](c1)Cc1ccn[c](c1-3)[Ge]2([c]1ccccc1)[c]1ccccc1.Cc1cc2[se]c3nccc4c3c2[n+](c1)C4.[Ir].[Ir].[c-]1cc(-c2c(-c3ccccc3)cccc2-c2ccccc2)nc2c1-c1ncccc1C2.[c-]1cc(-c2c(-c3ccccc3)cccc2-c2ccccc2)nc2sc3cccnc3c12. The van der Waals surface area contributed by atoms with Gasteiger partial charge in [0.1, 0.15) is 9.53 Å². The zero-order chi connectivity index (χ0) is 87.2. The largest absolute Gasteiger partial charge is 0.348 e. The summed E-state index contributed by atoms with van der Waals surface area (Å²) in [7, 11) is 0. The summed E-state index contributed by atoms with van der Waals surface area (Å²) < 4.78 is 18.4. The van der Waals surface area contributed by atoms with E-state index in [4.69, 9.17) is 19.9 Å². The fourth-order valence-electron chi connectivity index (χ4n) is 20.4. The van der Waals surface area contributed by atoms with Crippen LogP contribution in [0.1, 0.15) is 89.7 Å². The first kappa shape index (κ1) is 86.0. The molecule has 13 aromatic heterocycles. The van der Waals surface area contributed by atoms with Crippen LogP contribution in [0.2, 0.25) is 0 Å². The number of rotatable bonds is 11. The molecule has 0 unspecified atom stereocenters. The van der Waals surface area contributed by atoms with E-state index in [-0.39, 0.29) is 40.2 Å². The third-order valence-electron chi connectivity index (χ3n) is 26.0. The van der Waals surface area contributed by atoms with Crippen LogP contribution in [0.5, 0.6) is 0 Å². The maximum atomic E-state index is 5.17. The van der Waals surface area contributed by atoms with Crippen LogP contribution in [0.25, 0.3) is 161 Å². The second kappa shape index (κ2) is 36.1. The predicted octanol–water partition coefficient (Wildman–Crippen LogP) is 23.3. The Morgan fingerprint density at radius 2 is 0.924 bits per heavy atom. The van der Waals surface area contributed by atoms with Crippen LogP contribution in [0.15, 0.2) is 359 Å². The molecule has 9 aromatic carbocycles. The number of pyridine rings is 10. The topological polar surface area (TPSA) is 102 Å². The summed E-state index contributed by atoms with van der Waals surface area (Å²) in [6, 6.07) is 119. The van der Waals surface area contributed by atoms with Crippen molar-refractivity contribution in [3.63, 3.8) is 0 Å². The molecule has 0 saturated heterocycles. The molecule has 0 atom stereocenters. The Bertz CT molecular complexity index is 8040. The predicted molar refractivity (Wildman–Crippen MR) is 537 cm³/mol. The number of aromatic nitrogens is 10.